The Hall–Kier alpha value is -1.69. The second-order valence-electron chi connectivity index (χ2n) is 5.15. The standard InChI is InChI=1S/C14H15BrN4O/c1-8-5-10(15)13(16-7-8)17-14(20)11-6-12(9-3-4-9)19(2)18-11/h5-7,9H,3-4H2,1-2H3,(H,16,17,20). The van der Waals surface area contributed by atoms with Crippen molar-refractivity contribution in [2.45, 2.75) is 25.7 Å². The number of rotatable bonds is 3. The summed E-state index contributed by atoms with van der Waals surface area (Å²) in [6.45, 7) is 1.95. The first-order valence-corrected chi connectivity index (χ1v) is 7.31. The number of hydrogen-bond donors (Lipinski definition) is 1. The molecule has 2 aromatic heterocycles. The predicted octanol–water partition coefficient (Wildman–Crippen LogP) is 3.02. The Bertz CT molecular complexity index is 676. The molecule has 20 heavy (non-hydrogen) atoms. The van der Waals surface area contributed by atoms with Crippen LogP contribution in [0.3, 0.4) is 0 Å². The number of carbonyl (C=O) groups is 1. The molecule has 3 rings (SSSR count). The maximum atomic E-state index is 12.2. The Morgan fingerprint density at radius 2 is 2.20 bits per heavy atom. The van der Waals surface area contributed by atoms with Crippen molar-refractivity contribution in [3.63, 3.8) is 0 Å². The monoisotopic (exact) mass is 334 g/mol. The molecule has 104 valence electrons. The van der Waals surface area contributed by atoms with Crippen molar-refractivity contribution >= 4 is 27.7 Å². The summed E-state index contributed by atoms with van der Waals surface area (Å²) < 4.78 is 2.56. The molecule has 1 N–H and O–H groups in total. The van der Waals surface area contributed by atoms with Crippen molar-refractivity contribution < 1.29 is 4.79 Å². The largest absolute Gasteiger partial charge is 0.304 e. The summed E-state index contributed by atoms with van der Waals surface area (Å²) in [7, 11) is 1.88. The fraction of sp³-hybridized carbons (Fsp3) is 0.357. The topological polar surface area (TPSA) is 59.8 Å². The number of nitrogens with zero attached hydrogens (tertiary/aromatic N) is 3. The van der Waals surface area contributed by atoms with E-state index in [1.165, 1.54) is 12.8 Å². The van der Waals surface area contributed by atoms with E-state index in [1.54, 1.807) is 10.9 Å². The van der Waals surface area contributed by atoms with Crippen LogP contribution in [0.25, 0.3) is 0 Å². The SMILES string of the molecule is Cc1cnc(NC(=O)c2cc(C3CC3)n(C)n2)c(Br)c1. The van der Waals surface area contributed by atoms with E-state index in [4.69, 9.17) is 0 Å². The van der Waals surface area contributed by atoms with Crippen molar-refractivity contribution in [3.05, 3.63) is 39.8 Å². The van der Waals surface area contributed by atoms with Crippen LogP contribution in [0.15, 0.2) is 22.8 Å². The Morgan fingerprint density at radius 1 is 1.45 bits per heavy atom. The Labute approximate surface area is 125 Å². The fourth-order valence-electron chi connectivity index (χ4n) is 2.15. The summed E-state index contributed by atoms with van der Waals surface area (Å²) in [6, 6.07) is 3.78. The van der Waals surface area contributed by atoms with Gasteiger partial charge in [0.1, 0.15) is 5.82 Å². The first kappa shape index (κ1) is 13.3. The van der Waals surface area contributed by atoms with Gasteiger partial charge in [0.2, 0.25) is 0 Å². The lowest BCUT2D eigenvalue weighted by molar-refractivity contribution is 0.102. The molecular weight excluding hydrogens is 320 g/mol. The average Bonchev–Trinajstić information content (AvgIpc) is 3.16. The van der Waals surface area contributed by atoms with Gasteiger partial charge in [0.05, 0.1) is 4.47 Å². The molecule has 0 unspecified atom stereocenters. The molecule has 2 aromatic rings. The average molecular weight is 335 g/mol. The van der Waals surface area contributed by atoms with Crippen LogP contribution in [0.5, 0.6) is 0 Å². The van der Waals surface area contributed by atoms with Gasteiger partial charge in [-0.15, -0.1) is 0 Å². The molecule has 1 saturated carbocycles. The van der Waals surface area contributed by atoms with Crippen molar-refractivity contribution in [1.82, 2.24) is 14.8 Å². The van der Waals surface area contributed by atoms with Gasteiger partial charge in [-0.2, -0.15) is 5.10 Å². The Kier molecular flexibility index (Phi) is 3.33. The van der Waals surface area contributed by atoms with E-state index in [-0.39, 0.29) is 5.91 Å². The van der Waals surface area contributed by atoms with Crippen LogP contribution in [-0.4, -0.2) is 20.7 Å². The number of nitrogens with one attached hydrogen (secondary N) is 1. The smallest absolute Gasteiger partial charge is 0.277 e. The van der Waals surface area contributed by atoms with Gasteiger partial charge in [0.25, 0.3) is 5.91 Å². The second kappa shape index (κ2) is 5.01. The summed E-state index contributed by atoms with van der Waals surface area (Å²) in [5.41, 5.74) is 2.60. The molecule has 2 heterocycles. The van der Waals surface area contributed by atoms with Gasteiger partial charge >= 0.3 is 0 Å². The van der Waals surface area contributed by atoms with Crippen LogP contribution in [0.4, 0.5) is 5.82 Å². The van der Waals surface area contributed by atoms with Crippen LogP contribution in [0.1, 0.15) is 40.5 Å². The maximum absolute atomic E-state index is 12.2. The van der Waals surface area contributed by atoms with Gasteiger partial charge in [0, 0.05) is 24.9 Å². The van der Waals surface area contributed by atoms with Gasteiger partial charge in [-0.3, -0.25) is 9.48 Å². The number of amides is 1. The number of pyridine rings is 1. The molecule has 0 saturated heterocycles. The highest BCUT2D eigenvalue weighted by Gasteiger charge is 2.28. The number of aromatic nitrogens is 3. The van der Waals surface area contributed by atoms with Crippen LogP contribution >= 0.6 is 15.9 Å². The van der Waals surface area contributed by atoms with Gasteiger partial charge in [0.15, 0.2) is 5.69 Å². The molecule has 0 aliphatic heterocycles. The van der Waals surface area contributed by atoms with Crippen LogP contribution in [0, 0.1) is 6.92 Å². The molecular formula is C14H15BrN4O. The Morgan fingerprint density at radius 3 is 2.85 bits per heavy atom. The maximum Gasteiger partial charge on any atom is 0.277 e. The van der Waals surface area contributed by atoms with Crippen molar-refractivity contribution in [2.24, 2.45) is 7.05 Å². The number of aryl methyl sites for hydroxylation is 2. The van der Waals surface area contributed by atoms with E-state index in [0.29, 0.717) is 17.4 Å². The Balaban J connectivity index is 1.80. The van der Waals surface area contributed by atoms with Crippen molar-refractivity contribution in [3.8, 4) is 0 Å². The summed E-state index contributed by atoms with van der Waals surface area (Å²) in [4.78, 5) is 16.4. The van der Waals surface area contributed by atoms with Crippen molar-refractivity contribution in [2.75, 3.05) is 5.32 Å². The molecule has 0 aromatic carbocycles. The van der Waals surface area contributed by atoms with E-state index >= 15 is 0 Å². The summed E-state index contributed by atoms with van der Waals surface area (Å²) >= 11 is 3.40. The van der Waals surface area contributed by atoms with Crippen molar-refractivity contribution in [1.29, 1.82) is 0 Å². The first-order chi connectivity index (χ1) is 9.54. The molecule has 0 atom stereocenters. The zero-order valence-corrected chi connectivity index (χ0v) is 12.9. The van der Waals surface area contributed by atoms with Gasteiger partial charge in [-0.05, 0) is 53.4 Å². The third-order valence-corrected chi connectivity index (χ3v) is 3.96. The minimum absolute atomic E-state index is 0.232. The first-order valence-electron chi connectivity index (χ1n) is 6.52. The highest BCUT2D eigenvalue weighted by molar-refractivity contribution is 9.10. The zero-order valence-electron chi connectivity index (χ0n) is 11.4. The normalized spacial score (nSPS) is 14.3. The van der Waals surface area contributed by atoms with Crippen LogP contribution in [0.2, 0.25) is 0 Å². The summed E-state index contributed by atoms with van der Waals surface area (Å²) in [5, 5.41) is 7.06. The minimum atomic E-state index is -0.232. The molecule has 0 radical (unpaired) electrons. The molecule has 1 fully saturated rings. The quantitative estimate of drug-likeness (QED) is 0.938. The van der Waals surface area contributed by atoms with E-state index in [1.807, 2.05) is 26.1 Å². The lowest BCUT2D eigenvalue weighted by Crippen LogP contribution is -2.14. The molecule has 1 amide bonds. The lowest BCUT2D eigenvalue weighted by Gasteiger charge is -2.05. The predicted molar refractivity (Wildman–Crippen MR) is 79.8 cm³/mol. The second-order valence-corrected chi connectivity index (χ2v) is 6.00. The summed E-state index contributed by atoms with van der Waals surface area (Å²) in [6.07, 6.45) is 4.09. The zero-order chi connectivity index (χ0) is 14.3. The number of hydrogen-bond acceptors (Lipinski definition) is 3. The van der Waals surface area contributed by atoms with Gasteiger partial charge < -0.3 is 5.32 Å². The third kappa shape index (κ3) is 2.60. The van der Waals surface area contributed by atoms with E-state index in [0.717, 1.165) is 15.7 Å². The number of anilines is 1. The highest BCUT2D eigenvalue weighted by atomic mass is 79.9. The molecule has 0 spiro atoms. The number of carbonyl (C=O) groups excluding carboxylic acids is 1. The van der Waals surface area contributed by atoms with E-state index in [9.17, 15) is 4.79 Å². The molecule has 1 aliphatic carbocycles. The van der Waals surface area contributed by atoms with Gasteiger partial charge in [-0.1, -0.05) is 0 Å². The van der Waals surface area contributed by atoms with Gasteiger partial charge in [-0.25, -0.2) is 4.98 Å². The highest BCUT2D eigenvalue weighted by Crippen LogP contribution is 2.40. The lowest BCUT2D eigenvalue weighted by atomic mass is 10.2. The molecule has 1 aliphatic rings. The third-order valence-electron chi connectivity index (χ3n) is 3.35. The molecule has 0 bridgehead atoms. The fourth-order valence-corrected chi connectivity index (χ4v) is 2.71. The molecule has 6 heteroatoms. The van der Waals surface area contributed by atoms with E-state index < -0.39 is 0 Å². The number of halogens is 1. The molecule has 5 nitrogen and oxygen atoms in total. The summed E-state index contributed by atoms with van der Waals surface area (Å²) in [5.74, 6) is 0.849. The minimum Gasteiger partial charge on any atom is -0.304 e. The van der Waals surface area contributed by atoms with Crippen LogP contribution in [-0.2, 0) is 7.05 Å². The van der Waals surface area contributed by atoms with Crippen LogP contribution < -0.4 is 5.32 Å². The van der Waals surface area contributed by atoms with E-state index in [2.05, 4.69) is 31.3 Å².